The van der Waals surface area contributed by atoms with E-state index in [-0.39, 0.29) is 30.2 Å². The van der Waals surface area contributed by atoms with Crippen LogP contribution in [0.4, 0.5) is 0 Å². The van der Waals surface area contributed by atoms with Gasteiger partial charge in [-0.1, -0.05) is 38.1 Å². The van der Waals surface area contributed by atoms with Gasteiger partial charge in [-0.15, -0.1) is 12.4 Å². The summed E-state index contributed by atoms with van der Waals surface area (Å²) in [6, 6.07) is 8.19. The van der Waals surface area contributed by atoms with Crippen LogP contribution >= 0.6 is 12.4 Å². The van der Waals surface area contributed by atoms with Gasteiger partial charge in [-0.2, -0.15) is 0 Å². The number of nitrogens with two attached hydrogens (primary N) is 1. The molecule has 100 valence electrons. The smallest absolute Gasteiger partial charge is 0.150 e. The van der Waals surface area contributed by atoms with E-state index in [0.717, 1.165) is 12.8 Å². The van der Waals surface area contributed by atoms with Gasteiger partial charge in [0.05, 0.1) is 6.04 Å². The second kappa shape index (κ2) is 6.35. The molecule has 1 aliphatic carbocycles. The maximum absolute atomic E-state index is 12.0. The molecule has 1 aliphatic rings. The second-order valence-electron chi connectivity index (χ2n) is 5.48. The molecule has 0 saturated heterocycles. The Kier molecular flexibility index (Phi) is 5.36. The molecule has 3 heteroatoms. The Bertz CT molecular complexity index is 392. The number of carbonyl (C=O) groups is 1. The first-order valence-electron chi connectivity index (χ1n) is 6.43. The van der Waals surface area contributed by atoms with E-state index in [0.29, 0.717) is 12.3 Å². The number of hydrogen-bond acceptors (Lipinski definition) is 2. The molecule has 0 fully saturated rings. The molecular weight excluding hydrogens is 246 g/mol. The van der Waals surface area contributed by atoms with Gasteiger partial charge in [-0.05, 0) is 35.8 Å². The summed E-state index contributed by atoms with van der Waals surface area (Å²) in [5, 5.41) is 0. The Morgan fingerprint density at radius 1 is 1.28 bits per heavy atom. The minimum absolute atomic E-state index is 0. The molecule has 0 bridgehead atoms. The molecule has 0 unspecified atom stereocenters. The molecule has 0 radical (unpaired) electrons. The van der Waals surface area contributed by atoms with E-state index in [9.17, 15) is 4.79 Å². The number of rotatable bonds is 4. The predicted octanol–water partition coefficient (Wildman–Crippen LogP) is 2.77. The highest BCUT2D eigenvalue weighted by molar-refractivity contribution is 5.85. The summed E-state index contributed by atoms with van der Waals surface area (Å²) in [5.74, 6) is 0.925. The normalized spacial score (nSPS) is 16.2. The van der Waals surface area contributed by atoms with E-state index in [1.165, 1.54) is 11.1 Å². The van der Waals surface area contributed by atoms with Crippen LogP contribution in [-0.4, -0.2) is 11.8 Å². The summed E-state index contributed by atoms with van der Waals surface area (Å²) >= 11 is 0. The van der Waals surface area contributed by atoms with Crippen molar-refractivity contribution < 1.29 is 4.79 Å². The van der Waals surface area contributed by atoms with Crippen molar-refractivity contribution in [1.82, 2.24) is 0 Å². The van der Waals surface area contributed by atoms with Gasteiger partial charge in [0.1, 0.15) is 5.78 Å². The van der Waals surface area contributed by atoms with Gasteiger partial charge in [0.25, 0.3) is 0 Å². The lowest BCUT2D eigenvalue weighted by molar-refractivity contribution is -0.122. The highest BCUT2D eigenvalue weighted by atomic mass is 35.5. The molecular formula is C15H22ClNO. The number of carbonyl (C=O) groups excluding carboxylic acids is 1. The van der Waals surface area contributed by atoms with Crippen LogP contribution in [0.1, 0.15) is 31.4 Å². The highest BCUT2D eigenvalue weighted by Crippen LogP contribution is 2.29. The average Bonchev–Trinajstić information content (AvgIpc) is 2.69. The fourth-order valence-electron chi connectivity index (χ4n) is 2.59. The number of ketones is 1. The van der Waals surface area contributed by atoms with Crippen LogP contribution in [-0.2, 0) is 17.6 Å². The molecule has 0 aliphatic heterocycles. The lowest BCUT2D eigenvalue weighted by Crippen LogP contribution is -2.36. The molecule has 1 atom stereocenters. The lowest BCUT2D eigenvalue weighted by Gasteiger charge is -2.16. The van der Waals surface area contributed by atoms with Gasteiger partial charge in [-0.25, -0.2) is 0 Å². The highest BCUT2D eigenvalue weighted by Gasteiger charge is 2.26. The number of hydrogen-bond donors (Lipinski definition) is 1. The molecule has 0 saturated carbocycles. The quantitative estimate of drug-likeness (QED) is 0.912. The number of halogens is 1. The molecule has 1 aromatic rings. The Balaban J connectivity index is 0.00000162. The minimum atomic E-state index is -0.293. The maximum atomic E-state index is 12.0. The van der Waals surface area contributed by atoms with Crippen LogP contribution in [0.5, 0.6) is 0 Å². The monoisotopic (exact) mass is 267 g/mol. The third-order valence-electron chi connectivity index (χ3n) is 3.72. The van der Waals surface area contributed by atoms with Gasteiger partial charge < -0.3 is 5.73 Å². The molecule has 0 aromatic heterocycles. The third-order valence-corrected chi connectivity index (χ3v) is 3.72. The first kappa shape index (κ1) is 15.2. The molecule has 1 aromatic carbocycles. The number of Topliss-reactive ketones (excluding diaryl/α,β-unsaturated/α-hetero) is 1. The Morgan fingerprint density at radius 2 is 1.78 bits per heavy atom. The van der Waals surface area contributed by atoms with Crippen LogP contribution in [0.15, 0.2) is 24.3 Å². The molecule has 0 spiro atoms. The van der Waals surface area contributed by atoms with Crippen molar-refractivity contribution in [3.8, 4) is 0 Å². The van der Waals surface area contributed by atoms with E-state index >= 15 is 0 Å². The molecule has 2 nitrogen and oxygen atoms in total. The van der Waals surface area contributed by atoms with Crippen molar-refractivity contribution >= 4 is 18.2 Å². The van der Waals surface area contributed by atoms with Crippen LogP contribution < -0.4 is 5.73 Å². The fourth-order valence-corrected chi connectivity index (χ4v) is 2.59. The van der Waals surface area contributed by atoms with Crippen molar-refractivity contribution in [3.63, 3.8) is 0 Å². The van der Waals surface area contributed by atoms with Crippen LogP contribution in [0.2, 0.25) is 0 Å². The zero-order valence-corrected chi connectivity index (χ0v) is 11.9. The van der Waals surface area contributed by atoms with Gasteiger partial charge >= 0.3 is 0 Å². The molecule has 2 N–H and O–H groups in total. The van der Waals surface area contributed by atoms with Crippen molar-refractivity contribution in [2.45, 2.75) is 39.2 Å². The minimum Gasteiger partial charge on any atom is -0.321 e. The maximum Gasteiger partial charge on any atom is 0.150 e. The summed E-state index contributed by atoms with van der Waals surface area (Å²) in [4.78, 5) is 12.0. The van der Waals surface area contributed by atoms with E-state index in [1.807, 2.05) is 13.8 Å². The first-order chi connectivity index (χ1) is 8.08. The van der Waals surface area contributed by atoms with Gasteiger partial charge in [0.15, 0.2) is 0 Å². The summed E-state index contributed by atoms with van der Waals surface area (Å²) in [7, 11) is 0. The zero-order chi connectivity index (χ0) is 12.4. The molecule has 2 rings (SSSR count). The van der Waals surface area contributed by atoms with Crippen LogP contribution in [0.3, 0.4) is 0 Å². The standard InChI is InChI=1S/C15H21NO.ClH/c1-10(2)15(16)14(17)9-11-7-12-5-3-4-6-13(12)8-11;/h3-6,10-11,15H,7-9,16H2,1-2H3;1H/t15-;/m1./s1. The van der Waals surface area contributed by atoms with Crippen LogP contribution in [0, 0.1) is 11.8 Å². The van der Waals surface area contributed by atoms with Crippen molar-refractivity contribution in [1.29, 1.82) is 0 Å². The SMILES string of the molecule is CC(C)[C@@H](N)C(=O)CC1Cc2ccccc2C1.Cl. The Morgan fingerprint density at radius 3 is 2.22 bits per heavy atom. The lowest BCUT2D eigenvalue weighted by atomic mass is 9.92. The van der Waals surface area contributed by atoms with Crippen LogP contribution in [0.25, 0.3) is 0 Å². The van der Waals surface area contributed by atoms with Gasteiger partial charge in [0, 0.05) is 6.42 Å². The fraction of sp³-hybridized carbons (Fsp3) is 0.533. The van der Waals surface area contributed by atoms with Gasteiger partial charge in [-0.3, -0.25) is 4.79 Å². The summed E-state index contributed by atoms with van der Waals surface area (Å²) in [6.07, 6.45) is 2.70. The average molecular weight is 268 g/mol. The van der Waals surface area contributed by atoms with E-state index in [4.69, 9.17) is 5.73 Å². The predicted molar refractivity (Wildman–Crippen MR) is 77.0 cm³/mol. The van der Waals surface area contributed by atoms with Crippen molar-refractivity contribution in [2.75, 3.05) is 0 Å². The van der Waals surface area contributed by atoms with Crippen molar-refractivity contribution in [2.24, 2.45) is 17.6 Å². The van der Waals surface area contributed by atoms with Crippen molar-refractivity contribution in [3.05, 3.63) is 35.4 Å². The second-order valence-corrected chi connectivity index (χ2v) is 5.48. The molecule has 18 heavy (non-hydrogen) atoms. The van der Waals surface area contributed by atoms with E-state index in [1.54, 1.807) is 0 Å². The first-order valence-corrected chi connectivity index (χ1v) is 6.43. The molecule has 0 amide bonds. The summed E-state index contributed by atoms with van der Waals surface area (Å²) < 4.78 is 0. The molecule has 0 heterocycles. The Labute approximate surface area is 115 Å². The number of benzene rings is 1. The third kappa shape index (κ3) is 3.33. The summed E-state index contributed by atoms with van der Waals surface area (Å²) in [6.45, 7) is 4.01. The largest absolute Gasteiger partial charge is 0.321 e. The number of fused-ring (bicyclic) bond motifs is 1. The van der Waals surface area contributed by atoms with E-state index in [2.05, 4.69) is 24.3 Å². The van der Waals surface area contributed by atoms with Gasteiger partial charge in [0.2, 0.25) is 0 Å². The Hall–Kier alpha value is -0.860. The van der Waals surface area contributed by atoms with E-state index < -0.39 is 0 Å². The zero-order valence-electron chi connectivity index (χ0n) is 11.1. The topological polar surface area (TPSA) is 43.1 Å². The summed E-state index contributed by atoms with van der Waals surface area (Å²) in [5.41, 5.74) is 8.71.